The van der Waals surface area contributed by atoms with Gasteiger partial charge in [-0.05, 0) is 18.2 Å². The third-order valence-electron chi connectivity index (χ3n) is 4.04. The second kappa shape index (κ2) is 7.78. The maximum absolute atomic E-state index is 13.0. The normalized spacial score (nSPS) is 10.5. The third kappa shape index (κ3) is 3.50. The number of hydrogen-bond donors (Lipinski definition) is 2. The predicted octanol–water partition coefficient (Wildman–Crippen LogP) is 1.22. The molecular formula is C19H17N3O6. The van der Waals surface area contributed by atoms with Crippen molar-refractivity contribution in [1.29, 1.82) is 0 Å². The highest BCUT2D eigenvalue weighted by Gasteiger charge is 2.19. The minimum absolute atomic E-state index is 0.0747. The van der Waals surface area contributed by atoms with Crippen LogP contribution in [-0.2, 0) is 4.79 Å². The summed E-state index contributed by atoms with van der Waals surface area (Å²) in [6.07, 6.45) is 0. The Kier molecular flexibility index (Phi) is 5.25. The van der Waals surface area contributed by atoms with Crippen molar-refractivity contribution in [3.63, 3.8) is 0 Å². The Morgan fingerprint density at radius 2 is 1.82 bits per heavy atom. The SMILES string of the molecule is COc1ccc(-n2nc(C(=O)NCC(=O)O)c3ccccc3c2=O)c(OC)c1. The standard InChI is InChI=1S/C19H17N3O6/c1-27-11-7-8-14(15(9-11)28-2)22-19(26)13-6-4-3-5-12(13)17(21-22)18(25)20-10-16(23)24/h3-9H,10H2,1-2H3,(H,20,25)(H,23,24). The molecule has 0 aliphatic carbocycles. The zero-order chi connectivity index (χ0) is 20.3. The number of nitrogens with one attached hydrogen (secondary N) is 1. The molecule has 1 amide bonds. The van der Waals surface area contributed by atoms with E-state index in [1.807, 2.05) is 0 Å². The molecule has 2 aromatic carbocycles. The largest absolute Gasteiger partial charge is 0.497 e. The second-order valence-electron chi connectivity index (χ2n) is 5.73. The quantitative estimate of drug-likeness (QED) is 0.657. The van der Waals surface area contributed by atoms with E-state index in [1.165, 1.54) is 14.2 Å². The molecule has 0 saturated carbocycles. The number of ether oxygens (including phenoxy) is 2. The molecule has 9 heteroatoms. The Bertz CT molecular complexity index is 1120. The number of carbonyl (C=O) groups excluding carboxylic acids is 1. The first-order valence-electron chi connectivity index (χ1n) is 8.20. The van der Waals surface area contributed by atoms with Crippen molar-refractivity contribution >= 4 is 22.6 Å². The van der Waals surface area contributed by atoms with E-state index >= 15 is 0 Å². The molecule has 0 radical (unpaired) electrons. The highest BCUT2D eigenvalue weighted by atomic mass is 16.5. The number of benzene rings is 2. The van der Waals surface area contributed by atoms with E-state index in [-0.39, 0.29) is 11.1 Å². The van der Waals surface area contributed by atoms with Gasteiger partial charge in [0.25, 0.3) is 11.5 Å². The van der Waals surface area contributed by atoms with Crippen molar-refractivity contribution in [3.8, 4) is 17.2 Å². The Hall–Kier alpha value is -3.88. The van der Waals surface area contributed by atoms with Crippen LogP contribution in [0, 0.1) is 0 Å². The van der Waals surface area contributed by atoms with Crippen molar-refractivity contribution in [2.45, 2.75) is 0 Å². The number of carboxylic acid groups (broad SMARTS) is 1. The van der Waals surface area contributed by atoms with E-state index in [4.69, 9.17) is 14.6 Å². The summed E-state index contributed by atoms with van der Waals surface area (Å²) in [5.74, 6) is -1.06. The van der Waals surface area contributed by atoms with Crippen LogP contribution in [0.4, 0.5) is 0 Å². The summed E-state index contributed by atoms with van der Waals surface area (Å²) >= 11 is 0. The first kappa shape index (κ1) is 18.9. The second-order valence-corrected chi connectivity index (χ2v) is 5.73. The van der Waals surface area contributed by atoms with Gasteiger partial charge in [-0.1, -0.05) is 18.2 Å². The van der Waals surface area contributed by atoms with Gasteiger partial charge in [-0.3, -0.25) is 14.4 Å². The van der Waals surface area contributed by atoms with E-state index in [1.54, 1.807) is 42.5 Å². The molecule has 9 nitrogen and oxygen atoms in total. The zero-order valence-corrected chi connectivity index (χ0v) is 15.1. The van der Waals surface area contributed by atoms with E-state index in [0.29, 0.717) is 22.6 Å². The lowest BCUT2D eigenvalue weighted by atomic mass is 10.1. The van der Waals surface area contributed by atoms with Crippen LogP contribution in [0.15, 0.2) is 47.3 Å². The lowest BCUT2D eigenvalue weighted by Crippen LogP contribution is -2.33. The van der Waals surface area contributed by atoms with Crippen LogP contribution in [0.2, 0.25) is 0 Å². The van der Waals surface area contributed by atoms with Gasteiger partial charge in [-0.25, -0.2) is 0 Å². The fourth-order valence-corrected chi connectivity index (χ4v) is 2.72. The smallest absolute Gasteiger partial charge is 0.322 e. The van der Waals surface area contributed by atoms with Crippen LogP contribution in [0.5, 0.6) is 11.5 Å². The van der Waals surface area contributed by atoms with Crippen molar-refractivity contribution in [2.24, 2.45) is 0 Å². The molecule has 0 aliphatic heterocycles. The molecule has 1 heterocycles. The van der Waals surface area contributed by atoms with E-state index in [9.17, 15) is 14.4 Å². The minimum Gasteiger partial charge on any atom is -0.497 e. The van der Waals surface area contributed by atoms with Gasteiger partial charge in [0, 0.05) is 11.5 Å². The van der Waals surface area contributed by atoms with Gasteiger partial charge in [-0.2, -0.15) is 9.78 Å². The highest BCUT2D eigenvalue weighted by molar-refractivity contribution is 6.05. The fraction of sp³-hybridized carbons (Fsp3) is 0.158. The van der Waals surface area contributed by atoms with Gasteiger partial charge >= 0.3 is 5.97 Å². The Labute approximate surface area is 159 Å². The molecular weight excluding hydrogens is 366 g/mol. The predicted molar refractivity (Wildman–Crippen MR) is 100 cm³/mol. The maximum Gasteiger partial charge on any atom is 0.322 e. The Balaban J connectivity index is 2.24. The van der Waals surface area contributed by atoms with Crippen LogP contribution >= 0.6 is 0 Å². The molecule has 0 aliphatic rings. The number of amides is 1. The van der Waals surface area contributed by atoms with Crippen LogP contribution in [0.3, 0.4) is 0 Å². The number of hydrogen-bond acceptors (Lipinski definition) is 6. The number of fused-ring (bicyclic) bond motifs is 1. The summed E-state index contributed by atoms with van der Waals surface area (Å²) < 4.78 is 11.5. The van der Waals surface area contributed by atoms with Gasteiger partial charge in [0.2, 0.25) is 0 Å². The van der Waals surface area contributed by atoms with E-state index in [0.717, 1.165) is 4.68 Å². The van der Waals surface area contributed by atoms with Crippen LogP contribution in [0.25, 0.3) is 16.5 Å². The Morgan fingerprint density at radius 1 is 1.11 bits per heavy atom. The summed E-state index contributed by atoms with van der Waals surface area (Å²) in [4.78, 5) is 36.3. The molecule has 3 aromatic rings. The summed E-state index contributed by atoms with van der Waals surface area (Å²) in [6, 6.07) is 11.3. The lowest BCUT2D eigenvalue weighted by molar-refractivity contribution is -0.135. The van der Waals surface area contributed by atoms with E-state index in [2.05, 4.69) is 10.4 Å². The molecule has 0 saturated heterocycles. The highest BCUT2D eigenvalue weighted by Crippen LogP contribution is 2.27. The lowest BCUT2D eigenvalue weighted by Gasteiger charge is -2.14. The fourth-order valence-electron chi connectivity index (χ4n) is 2.72. The van der Waals surface area contributed by atoms with Crippen molar-refractivity contribution in [1.82, 2.24) is 15.1 Å². The third-order valence-corrected chi connectivity index (χ3v) is 4.04. The van der Waals surface area contributed by atoms with Crippen LogP contribution in [-0.4, -0.2) is 47.5 Å². The van der Waals surface area contributed by atoms with Gasteiger partial charge in [-0.15, -0.1) is 0 Å². The molecule has 0 atom stereocenters. The molecule has 28 heavy (non-hydrogen) atoms. The molecule has 144 valence electrons. The summed E-state index contributed by atoms with van der Waals surface area (Å²) in [7, 11) is 2.94. The molecule has 0 bridgehead atoms. The van der Waals surface area contributed by atoms with E-state index < -0.39 is 24.0 Å². The number of nitrogens with zero attached hydrogens (tertiary/aromatic N) is 2. The minimum atomic E-state index is -1.19. The number of carbonyl (C=O) groups is 2. The number of carboxylic acids is 1. The maximum atomic E-state index is 13.0. The molecule has 0 unspecified atom stereocenters. The number of aromatic nitrogens is 2. The molecule has 0 fully saturated rings. The molecule has 2 N–H and O–H groups in total. The topological polar surface area (TPSA) is 120 Å². The summed E-state index contributed by atoms with van der Waals surface area (Å²) in [5, 5.41) is 15.8. The van der Waals surface area contributed by atoms with Gasteiger partial charge in [0.1, 0.15) is 23.7 Å². The van der Waals surface area contributed by atoms with Crippen molar-refractivity contribution < 1.29 is 24.2 Å². The number of rotatable bonds is 6. The zero-order valence-electron chi connectivity index (χ0n) is 15.1. The van der Waals surface area contributed by atoms with Gasteiger partial charge in [0.05, 0.1) is 19.6 Å². The average molecular weight is 383 g/mol. The monoisotopic (exact) mass is 383 g/mol. The Morgan fingerprint density at radius 3 is 2.46 bits per heavy atom. The first-order valence-corrected chi connectivity index (χ1v) is 8.20. The average Bonchev–Trinajstić information content (AvgIpc) is 2.72. The van der Waals surface area contributed by atoms with Crippen molar-refractivity contribution in [3.05, 3.63) is 58.5 Å². The van der Waals surface area contributed by atoms with Crippen LogP contribution in [0.1, 0.15) is 10.5 Å². The first-order chi connectivity index (χ1) is 13.5. The van der Waals surface area contributed by atoms with Crippen molar-refractivity contribution in [2.75, 3.05) is 20.8 Å². The van der Waals surface area contributed by atoms with Gasteiger partial charge < -0.3 is 19.9 Å². The number of methoxy groups -OCH3 is 2. The van der Waals surface area contributed by atoms with Gasteiger partial charge in [0.15, 0.2) is 5.69 Å². The summed E-state index contributed by atoms with van der Waals surface area (Å²) in [6.45, 7) is -0.570. The van der Waals surface area contributed by atoms with Crippen LogP contribution < -0.4 is 20.3 Å². The number of aliphatic carboxylic acids is 1. The molecule has 3 rings (SSSR count). The molecule has 0 spiro atoms. The molecule has 1 aromatic heterocycles. The summed E-state index contributed by atoms with van der Waals surface area (Å²) in [5.41, 5.74) is -0.213.